The molecule has 5 heteroatoms. The molecule has 0 fully saturated rings. The first kappa shape index (κ1) is 11.0. The van der Waals surface area contributed by atoms with Crippen LogP contribution >= 0.6 is 23.6 Å². The summed E-state index contributed by atoms with van der Waals surface area (Å²) in [6.45, 7) is 2.03. The highest BCUT2D eigenvalue weighted by molar-refractivity contribution is 7.80. The lowest BCUT2D eigenvalue weighted by molar-refractivity contribution is 1.36. The zero-order valence-electron chi connectivity index (χ0n) is 8.73. The SMILES string of the molecule is Cc1cnc(Nc2ccc(C(N)=S)cc2)s1. The van der Waals surface area contributed by atoms with E-state index in [4.69, 9.17) is 18.0 Å². The molecule has 1 heterocycles. The molecule has 0 bridgehead atoms. The number of benzene rings is 1. The smallest absolute Gasteiger partial charge is 0.187 e. The van der Waals surface area contributed by atoms with Gasteiger partial charge >= 0.3 is 0 Å². The van der Waals surface area contributed by atoms with Crippen LogP contribution in [-0.4, -0.2) is 9.97 Å². The van der Waals surface area contributed by atoms with Gasteiger partial charge < -0.3 is 11.1 Å². The van der Waals surface area contributed by atoms with Gasteiger partial charge in [-0.1, -0.05) is 12.2 Å². The number of thiazole rings is 1. The van der Waals surface area contributed by atoms with Crippen LogP contribution in [-0.2, 0) is 0 Å². The fourth-order valence-electron chi connectivity index (χ4n) is 1.25. The zero-order chi connectivity index (χ0) is 11.5. The van der Waals surface area contributed by atoms with E-state index in [1.165, 1.54) is 4.88 Å². The minimum Gasteiger partial charge on any atom is -0.389 e. The lowest BCUT2D eigenvalue weighted by Crippen LogP contribution is -2.08. The Labute approximate surface area is 103 Å². The predicted octanol–water partition coefficient (Wildman–Crippen LogP) is 2.83. The molecule has 0 saturated heterocycles. The molecule has 0 amide bonds. The maximum Gasteiger partial charge on any atom is 0.187 e. The van der Waals surface area contributed by atoms with Gasteiger partial charge in [0, 0.05) is 22.3 Å². The number of nitrogens with one attached hydrogen (secondary N) is 1. The Morgan fingerprint density at radius 2 is 2.06 bits per heavy atom. The predicted molar refractivity (Wildman–Crippen MR) is 72.5 cm³/mol. The van der Waals surface area contributed by atoms with Gasteiger partial charge in [-0.2, -0.15) is 0 Å². The minimum atomic E-state index is 0.414. The summed E-state index contributed by atoms with van der Waals surface area (Å²) in [6, 6.07) is 7.66. The molecule has 1 aromatic carbocycles. The number of thiocarbonyl (C=S) groups is 1. The van der Waals surface area contributed by atoms with Crippen molar-refractivity contribution in [1.82, 2.24) is 4.98 Å². The molecule has 3 nitrogen and oxygen atoms in total. The van der Waals surface area contributed by atoms with Crippen LogP contribution in [0.2, 0.25) is 0 Å². The molecule has 1 aromatic heterocycles. The number of anilines is 2. The van der Waals surface area contributed by atoms with E-state index in [-0.39, 0.29) is 0 Å². The number of hydrogen-bond acceptors (Lipinski definition) is 4. The van der Waals surface area contributed by atoms with E-state index in [1.807, 2.05) is 37.4 Å². The summed E-state index contributed by atoms with van der Waals surface area (Å²) in [5, 5.41) is 4.10. The molecular weight excluding hydrogens is 238 g/mol. The number of nitrogens with two attached hydrogens (primary N) is 1. The maximum atomic E-state index is 5.52. The summed E-state index contributed by atoms with van der Waals surface area (Å²) in [5.41, 5.74) is 7.37. The number of nitrogens with zero attached hydrogens (tertiary/aromatic N) is 1. The monoisotopic (exact) mass is 249 g/mol. The van der Waals surface area contributed by atoms with Crippen LogP contribution in [0.25, 0.3) is 0 Å². The molecule has 0 saturated carbocycles. The van der Waals surface area contributed by atoms with Gasteiger partial charge in [0.25, 0.3) is 0 Å². The average molecular weight is 249 g/mol. The van der Waals surface area contributed by atoms with Crippen molar-refractivity contribution in [2.45, 2.75) is 6.92 Å². The highest BCUT2D eigenvalue weighted by Gasteiger charge is 2.00. The molecule has 0 aliphatic rings. The summed E-state index contributed by atoms with van der Waals surface area (Å²) in [5.74, 6) is 0. The van der Waals surface area contributed by atoms with Crippen molar-refractivity contribution in [1.29, 1.82) is 0 Å². The van der Waals surface area contributed by atoms with Crippen LogP contribution in [0.1, 0.15) is 10.4 Å². The van der Waals surface area contributed by atoms with Gasteiger partial charge in [-0.05, 0) is 31.2 Å². The average Bonchev–Trinajstić information content (AvgIpc) is 2.65. The van der Waals surface area contributed by atoms with Crippen LogP contribution in [0.5, 0.6) is 0 Å². The third-order valence-corrected chi connectivity index (χ3v) is 3.11. The number of aromatic nitrogens is 1. The fourth-order valence-corrected chi connectivity index (χ4v) is 2.07. The molecule has 2 rings (SSSR count). The normalized spacial score (nSPS) is 10.1. The van der Waals surface area contributed by atoms with Crippen molar-refractivity contribution in [2.75, 3.05) is 5.32 Å². The third-order valence-electron chi connectivity index (χ3n) is 2.04. The first-order chi connectivity index (χ1) is 7.65. The van der Waals surface area contributed by atoms with E-state index in [9.17, 15) is 0 Å². The zero-order valence-corrected chi connectivity index (χ0v) is 10.4. The van der Waals surface area contributed by atoms with Gasteiger partial charge in [-0.15, -0.1) is 11.3 Å². The standard InChI is InChI=1S/C11H11N3S2/c1-7-6-13-11(16-7)14-9-4-2-8(3-5-9)10(12)15/h2-6H,1H3,(H2,12,15)(H,13,14). The molecule has 0 unspecified atom stereocenters. The van der Waals surface area contributed by atoms with Crippen LogP contribution in [0.15, 0.2) is 30.5 Å². The van der Waals surface area contributed by atoms with Crippen molar-refractivity contribution in [3.05, 3.63) is 40.9 Å². The second-order valence-electron chi connectivity index (χ2n) is 3.34. The first-order valence-electron chi connectivity index (χ1n) is 4.74. The van der Waals surface area contributed by atoms with E-state index in [1.54, 1.807) is 11.3 Å². The fraction of sp³-hybridized carbons (Fsp3) is 0.0909. The van der Waals surface area contributed by atoms with Crippen molar-refractivity contribution in [3.63, 3.8) is 0 Å². The van der Waals surface area contributed by atoms with Gasteiger partial charge in [-0.25, -0.2) is 4.98 Å². The van der Waals surface area contributed by atoms with E-state index in [0.717, 1.165) is 16.4 Å². The Morgan fingerprint density at radius 1 is 1.38 bits per heavy atom. The summed E-state index contributed by atoms with van der Waals surface area (Å²) in [4.78, 5) is 5.82. The molecule has 0 aliphatic heterocycles. The van der Waals surface area contributed by atoms with Crippen molar-refractivity contribution in [2.24, 2.45) is 5.73 Å². The topological polar surface area (TPSA) is 50.9 Å². The van der Waals surface area contributed by atoms with Crippen LogP contribution in [0.3, 0.4) is 0 Å². The molecule has 2 aromatic rings. The van der Waals surface area contributed by atoms with Gasteiger partial charge in [0.2, 0.25) is 0 Å². The number of hydrogen-bond donors (Lipinski definition) is 2. The van der Waals surface area contributed by atoms with Crippen LogP contribution in [0.4, 0.5) is 10.8 Å². The highest BCUT2D eigenvalue weighted by atomic mass is 32.1. The molecular formula is C11H11N3S2. The number of rotatable bonds is 3. The second-order valence-corrected chi connectivity index (χ2v) is 5.02. The Balaban J connectivity index is 2.14. The molecule has 82 valence electrons. The van der Waals surface area contributed by atoms with Gasteiger partial charge in [0.05, 0.1) is 0 Å². The Kier molecular flexibility index (Phi) is 3.17. The van der Waals surface area contributed by atoms with Gasteiger partial charge in [0.15, 0.2) is 5.13 Å². The lowest BCUT2D eigenvalue weighted by Gasteiger charge is -2.03. The largest absolute Gasteiger partial charge is 0.389 e. The van der Waals surface area contributed by atoms with Crippen molar-refractivity contribution < 1.29 is 0 Å². The third kappa shape index (κ3) is 2.56. The maximum absolute atomic E-state index is 5.52. The van der Waals surface area contributed by atoms with E-state index < -0.39 is 0 Å². The van der Waals surface area contributed by atoms with Crippen molar-refractivity contribution in [3.8, 4) is 0 Å². The van der Waals surface area contributed by atoms with Gasteiger partial charge in [-0.3, -0.25) is 0 Å². The molecule has 16 heavy (non-hydrogen) atoms. The second kappa shape index (κ2) is 4.59. The van der Waals surface area contributed by atoms with Crippen LogP contribution in [0, 0.1) is 6.92 Å². The molecule has 3 N–H and O–H groups in total. The van der Waals surface area contributed by atoms with E-state index >= 15 is 0 Å². The quantitative estimate of drug-likeness (QED) is 0.821. The Hall–Kier alpha value is -1.46. The van der Waals surface area contributed by atoms with Crippen molar-refractivity contribution >= 4 is 39.4 Å². The molecule has 0 atom stereocenters. The molecule has 0 radical (unpaired) electrons. The Bertz CT molecular complexity index is 502. The van der Waals surface area contributed by atoms with Gasteiger partial charge in [0.1, 0.15) is 4.99 Å². The number of aryl methyl sites for hydroxylation is 1. The molecule has 0 aliphatic carbocycles. The molecule has 0 spiro atoms. The Morgan fingerprint density at radius 3 is 2.56 bits per heavy atom. The van der Waals surface area contributed by atoms with E-state index in [0.29, 0.717) is 4.99 Å². The highest BCUT2D eigenvalue weighted by Crippen LogP contribution is 2.21. The summed E-state index contributed by atoms with van der Waals surface area (Å²) >= 11 is 6.51. The first-order valence-corrected chi connectivity index (χ1v) is 5.97. The van der Waals surface area contributed by atoms with E-state index in [2.05, 4.69) is 10.3 Å². The van der Waals surface area contributed by atoms with Crippen LogP contribution < -0.4 is 11.1 Å². The summed E-state index contributed by atoms with van der Waals surface area (Å²) in [7, 11) is 0. The minimum absolute atomic E-state index is 0.414. The lowest BCUT2D eigenvalue weighted by atomic mass is 10.2. The summed E-state index contributed by atoms with van der Waals surface area (Å²) in [6.07, 6.45) is 1.84. The summed E-state index contributed by atoms with van der Waals surface area (Å²) < 4.78 is 0.